The van der Waals surface area contributed by atoms with Crippen molar-refractivity contribution in [2.45, 2.75) is 45.1 Å². The second-order valence-electron chi connectivity index (χ2n) is 3.41. The van der Waals surface area contributed by atoms with Crippen LogP contribution in [0.15, 0.2) is 12.2 Å². The highest BCUT2D eigenvalue weighted by atomic mass is 16.3. The van der Waals surface area contributed by atoms with Crippen LogP contribution < -0.4 is 0 Å². The van der Waals surface area contributed by atoms with Crippen molar-refractivity contribution >= 4 is 0 Å². The molecule has 11 heavy (non-hydrogen) atoms. The molecule has 0 bridgehead atoms. The van der Waals surface area contributed by atoms with Crippen molar-refractivity contribution < 1.29 is 5.11 Å². The summed E-state index contributed by atoms with van der Waals surface area (Å²) in [5.41, 5.74) is 0. The lowest BCUT2D eigenvalue weighted by Crippen LogP contribution is -2.20. The maximum Gasteiger partial charge on any atom is 0.0748 e. The van der Waals surface area contributed by atoms with E-state index in [-0.39, 0.29) is 6.10 Å². The van der Waals surface area contributed by atoms with Crippen molar-refractivity contribution in [3.63, 3.8) is 0 Å². The van der Waals surface area contributed by atoms with Crippen LogP contribution in [-0.4, -0.2) is 11.2 Å². The molecule has 1 aliphatic carbocycles. The van der Waals surface area contributed by atoms with E-state index in [1.807, 2.05) is 19.1 Å². The van der Waals surface area contributed by atoms with Gasteiger partial charge in [-0.3, -0.25) is 0 Å². The first kappa shape index (κ1) is 8.79. The molecule has 1 nitrogen and oxygen atoms in total. The summed E-state index contributed by atoms with van der Waals surface area (Å²) >= 11 is 0. The van der Waals surface area contributed by atoms with Gasteiger partial charge in [0.05, 0.1) is 6.10 Å². The smallest absolute Gasteiger partial charge is 0.0748 e. The molecule has 0 aromatic heterocycles. The molecular formula is C10H18O. The topological polar surface area (TPSA) is 20.2 Å². The Labute approximate surface area is 69.1 Å². The molecule has 1 N–H and O–H groups in total. The van der Waals surface area contributed by atoms with Crippen molar-refractivity contribution in [1.29, 1.82) is 0 Å². The van der Waals surface area contributed by atoms with Crippen LogP contribution in [-0.2, 0) is 0 Å². The third kappa shape index (κ3) is 2.66. The Morgan fingerprint density at radius 2 is 1.91 bits per heavy atom. The van der Waals surface area contributed by atoms with Crippen molar-refractivity contribution in [1.82, 2.24) is 0 Å². The average molecular weight is 154 g/mol. The molecule has 1 atom stereocenters. The molecule has 0 aromatic rings. The minimum Gasteiger partial charge on any atom is -0.389 e. The molecule has 1 heteroatoms. The molecule has 0 aliphatic heterocycles. The first-order chi connectivity index (χ1) is 5.34. The Morgan fingerprint density at radius 3 is 2.45 bits per heavy atom. The van der Waals surface area contributed by atoms with Crippen LogP contribution in [0.4, 0.5) is 0 Å². The molecule has 0 saturated heterocycles. The van der Waals surface area contributed by atoms with Gasteiger partial charge in [-0.15, -0.1) is 0 Å². The second kappa shape index (κ2) is 4.55. The maximum atomic E-state index is 9.59. The van der Waals surface area contributed by atoms with Crippen LogP contribution in [0, 0.1) is 5.92 Å². The predicted octanol–water partition coefficient (Wildman–Crippen LogP) is 2.50. The highest BCUT2D eigenvalue weighted by molar-refractivity contribution is 4.90. The first-order valence-electron chi connectivity index (χ1n) is 4.65. The second-order valence-corrected chi connectivity index (χ2v) is 3.41. The van der Waals surface area contributed by atoms with E-state index in [1.165, 1.54) is 32.1 Å². The highest BCUT2D eigenvalue weighted by Gasteiger charge is 2.18. The standard InChI is InChI=1S/C10H18O/c1-2-6-10(11)9-7-4-3-5-8-9/h2,6,9-11H,3-5,7-8H2,1H3. The third-order valence-electron chi connectivity index (χ3n) is 2.52. The number of aliphatic hydroxyl groups is 1. The largest absolute Gasteiger partial charge is 0.389 e. The molecule has 0 aromatic carbocycles. The van der Waals surface area contributed by atoms with Gasteiger partial charge >= 0.3 is 0 Å². The summed E-state index contributed by atoms with van der Waals surface area (Å²) in [6.45, 7) is 1.96. The van der Waals surface area contributed by atoms with Gasteiger partial charge in [-0.1, -0.05) is 31.4 Å². The average Bonchev–Trinajstić information content (AvgIpc) is 2.07. The summed E-state index contributed by atoms with van der Waals surface area (Å²) in [4.78, 5) is 0. The van der Waals surface area contributed by atoms with Gasteiger partial charge in [0.25, 0.3) is 0 Å². The summed E-state index contributed by atoms with van der Waals surface area (Å²) < 4.78 is 0. The zero-order chi connectivity index (χ0) is 8.10. The minimum atomic E-state index is -0.180. The van der Waals surface area contributed by atoms with Crippen LogP contribution in [0.25, 0.3) is 0 Å². The fraction of sp³-hybridized carbons (Fsp3) is 0.800. The molecular weight excluding hydrogens is 136 g/mol. The quantitative estimate of drug-likeness (QED) is 0.606. The monoisotopic (exact) mass is 154 g/mol. The third-order valence-corrected chi connectivity index (χ3v) is 2.52. The van der Waals surface area contributed by atoms with Gasteiger partial charge in [0.1, 0.15) is 0 Å². The van der Waals surface area contributed by atoms with Gasteiger partial charge in [0.2, 0.25) is 0 Å². The zero-order valence-electron chi connectivity index (χ0n) is 7.29. The molecule has 1 aliphatic rings. The van der Waals surface area contributed by atoms with Crippen molar-refractivity contribution in [3.8, 4) is 0 Å². The predicted molar refractivity (Wildman–Crippen MR) is 47.4 cm³/mol. The van der Waals surface area contributed by atoms with Gasteiger partial charge in [-0.25, -0.2) is 0 Å². The molecule has 1 saturated carbocycles. The summed E-state index contributed by atoms with van der Waals surface area (Å²) in [5.74, 6) is 0.542. The molecule has 1 fully saturated rings. The fourth-order valence-electron chi connectivity index (χ4n) is 1.83. The molecule has 64 valence electrons. The SMILES string of the molecule is CC=CC(O)C1CCCCC1. The Bertz CT molecular complexity index is 123. The van der Waals surface area contributed by atoms with E-state index in [1.54, 1.807) is 0 Å². The van der Waals surface area contributed by atoms with Crippen LogP contribution >= 0.6 is 0 Å². The van der Waals surface area contributed by atoms with Crippen molar-refractivity contribution in [2.75, 3.05) is 0 Å². The van der Waals surface area contributed by atoms with Gasteiger partial charge in [-0.2, -0.15) is 0 Å². The van der Waals surface area contributed by atoms with E-state index in [0.717, 1.165) is 0 Å². The number of allylic oxidation sites excluding steroid dienone is 1. The molecule has 0 radical (unpaired) electrons. The lowest BCUT2D eigenvalue weighted by atomic mass is 9.85. The van der Waals surface area contributed by atoms with Gasteiger partial charge in [-0.05, 0) is 25.7 Å². The van der Waals surface area contributed by atoms with Crippen LogP contribution in [0.5, 0.6) is 0 Å². The number of aliphatic hydroxyl groups excluding tert-OH is 1. The zero-order valence-corrected chi connectivity index (χ0v) is 7.29. The normalized spacial score (nSPS) is 24.2. The van der Waals surface area contributed by atoms with Crippen LogP contribution in [0.1, 0.15) is 39.0 Å². The van der Waals surface area contributed by atoms with E-state index in [0.29, 0.717) is 5.92 Å². The van der Waals surface area contributed by atoms with Gasteiger partial charge in [0, 0.05) is 0 Å². The number of hydrogen-bond acceptors (Lipinski definition) is 1. The van der Waals surface area contributed by atoms with Gasteiger partial charge in [0.15, 0.2) is 0 Å². The van der Waals surface area contributed by atoms with Gasteiger partial charge < -0.3 is 5.11 Å². The minimum absolute atomic E-state index is 0.180. The molecule has 1 unspecified atom stereocenters. The summed E-state index contributed by atoms with van der Waals surface area (Å²) in [6, 6.07) is 0. The van der Waals surface area contributed by atoms with Crippen LogP contribution in [0.3, 0.4) is 0 Å². The maximum absolute atomic E-state index is 9.59. The number of rotatable bonds is 2. The van der Waals surface area contributed by atoms with E-state index in [2.05, 4.69) is 0 Å². The number of hydrogen-bond donors (Lipinski definition) is 1. The van der Waals surface area contributed by atoms with E-state index in [9.17, 15) is 5.11 Å². The molecule has 0 spiro atoms. The van der Waals surface area contributed by atoms with Crippen molar-refractivity contribution in [3.05, 3.63) is 12.2 Å². The van der Waals surface area contributed by atoms with Crippen molar-refractivity contribution in [2.24, 2.45) is 5.92 Å². The lowest BCUT2D eigenvalue weighted by Gasteiger charge is -2.24. The molecule has 0 amide bonds. The van der Waals surface area contributed by atoms with Crippen LogP contribution in [0.2, 0.25) is 0 Å². The lowest BCUT2D eigenvalue weighted by molar-refractivity contribution is 0.125. The summed E-state index contributed by atoms with van der Waals surface area (Å²) in [7, 11) is 0. The first-order valence-corrected chi connectivity index (χ1v) is 4.65. The highest BCUT2D eigenvalue weighted by Crippen LogP contribution is 2.26. The Kier molecular flexibility index (Phi) is 3.64. The fourth-order valence-corrected chi connectivity index (χ4v) is 1.83. The summed E-state index contributed by atoms with van der Waals surface area (Å²) in [5, 5.41) is 9.59. The Balaban J connectivity index is 2.32. The Morgan fingerprint density at radius 1 is 1.27 bits per heavy atom. The summed E-state index contributed by atoms with van der Waals surface area (Å²) in [6.07, 6.45) is 10.1. The molecule has 0 heterocycles. The Hall–Kier alpha value is -0.300. The van der Waals surface area contributed by atoms with E-state index < -0.39 is 0 Å². The van der Waals surface area contributed by atoms with E-state index in [4.69, 9.17) is 0 Å². The molecule has 1 rings (SSSR count). The van der Waals surface area contributed by atoms with E-state index >= 15 is 0 Å².